The van der Waals surface area contributed by atoms with Crippen LogP contribution in [0.5, 0.6) is 0 Å². The van der Waals surface area contributed by atoms with Gasteiger partial charge in [-0.1, -0.05) is 0 Å². The van der Waals surface area contributed by atoms with Gasteiger partial charge in [0.25, 0.3) is 5.91 Å². The first-order valence-electron chi connectivity index (χ1n) is 11.5. The Hall–Kier alpha value is -2.64. The molecule has 7 nitrogen and oxygen atoms in total. The van der Waals surface area contributed by atoms with E-state index in [1.807, 2.05) is 25.7 Å². The van der Waals surface area contributed by atoms with Crippen molar-refractivity contribution in [3.8, 4) is 0 Å². The molecule has 0 aliphatic carbocycles. The zero-order valence-corrected chi connectivity index (χ0v) is 19.2. The van der Waals surface area contributed by atoms with Crippen molar-refractivity contribution in [3.63, 3.8) is 0 Å². The summed E-state index contributed by atoms with van der Waals surface area (Å²) in [6.07, 6.45) is 3.57. The van der Waals surface area contributed by atoms with Crippen LogP contribution in [-0.4, -0.2) is 65.5 Å². The minimum absolute atomic E-state index is 0.0392. The molecule has 2 heterocycles. The lowest BCUT2D eigenvalue weighted by Crippen LogP contribution is -2.53. The summed E-state index contributed by atoms with van der Waals surface area (Å²) in [5, 5.41) is 2.81. The van der Waals surface area contributed by atoms with Gasteiger partial charge in [0, 0.05) is 43.7 Å². The van der Waals surface area contributed by atoms with Crippen LogP contribution in [-0.2, 0) is 9.53 Å². The van der Waals surface area contributed by atoms with Crippen molar-refractivity contribution in [1.29, 1.82) is 0 Å². The normalized spacial score (nSPS) is 20.1. The number of amides is 3. The van der Waals surface area contributed by atoms with E-state index in [1.165, 1.54) is 24.3 Å². The highest BCUT2D eigenvalue weighted by Gasteiger charge is 2.34. The van der Waals surface area contributed by atoms with Gasteiger partial charge in [0.2, 0.25) is 5.91 Å². The van der Waals surface area contributed by atoms with E-state index in [0.717, 1.165) is 19.3 Å². The van der Waals surface area contributed by atoms with Gasteiger partial charge in [0.05, 0.1) is 0 Å². The molecule has 8 heteroatoms. The van der Waals surface area contributed by atoms with Gasteiger partial charge in [-0.25, -0.2) is 9.18 Å². The summed E-state index contributed by atoms with van der Waals surface area (Å²) in [7, 11) is 0. The van der Waals surface area contributed by atoms with Gasteiger partial charge in [-0.3, -0.25) is 9.59 Å². The molecule has 2 aliphatic heterocycles. The molecular formula is C24H34FN3O4. The third-order valence-electron chi connectivity index (χ3n) is 6.01. The second-order valence-electron chi connectivity index (χ2n) is 9.64. The molecule has 2 aliphatic rings. The molecule has 1 aromatic rings. The number of halogens is 1. The van der Waals surface area contributed by atoms with Crippen molar-refractivity contribution in [3.05, 3.63) is 35.6 Å². The first-order valence-corrected chi connectivity index (χ1v) is 11.5. The van der Waals surface area contributed by atoms with Gasteiger partial charge < -0.3 is 19.9 Å². The first-order chi connectivity index (χ1) is 15.1. The maximum absolute atomic E-state index is 13.3. The molecule has 3 rings (SSSR count). The van der Waals surface area contributed by atoms with Crippen LogP contribution in [0.1, 0.15) is 63.2 Å². The van der Waals surface area contributed by atoms with Crippen molar-refractivity contribution < 1.29 is 23.5 Å². The number of nitrogens with one attached hydrogen (secondary N) is 1. The largest absolute Gasteiger partial charge is 0.444 e. The molecule has 2 saturated heterocycles. The first kappa shape index (κ1) is 24.0. The number of hydrogen-bond acceptors (Lipinski definition) is 4. The number of ether oxygens (including phenoxy) is 1. The number of nitrogens with zero attached hydrogens (tertiary/aromatic N) is 2. The SMILES string of the molecule is CC(C)(C)OC(=O)NCC1CCCCN1C(=O)C1CCN(C(=O)c2ccc(F)cc2)CC1. The summed E-state index contributed by atoms with van der Waals surface area (Å²) in [6, 6.07) is 5.51. The lowest BCUT2D eigenvalue weighted by molar-refractivity contribution is -0.140. The summed E-state index contributed by atoms with van der Waals surface area (Å²) in [5.74, 6) is -0.527. The molecule has 1 N–H and O–H groups in total. The Kier molecular flexibility index (Phi) is 7.74. The maximum Gasteiger partial charge on any atom is 0.407 e. The summed E-state index contributed by atoms with van der Waals surface area (Å²) in [4.78, 5) is 41.6. The van der Waals surface area contributed by atoms with Crippen LogP contribution in [0.4, 0.5) is 9.18 Å². The quantitative estimate of drug-likeness (QED) is 0.765. The summed E-state index contributed by atoms with van der Waals surface area (Å²) >= 11 is 0. The van der Waals surface area contributed by atoms with Crippen LogP contribution >= 0.6 is 0 Å². The lowest BCUT2D eigenvalue weighted by atomic mass is 9.92. The summed E-state index contributed by atoms with van der Waals surface area (Å²) < 4.78 is 18.4. The van der Waals surface area contributed by atoms with Crippen molar-refractivity contribution in [2.24, 2.45) is 5.92 Å². The highest BCUT2D eigenvalue weighted by Crippen LogP contribution is 2.25. The molecule has 1 unspecified atom stereocenters. The summed E-state index contributed by atoms with van der Waals surface area (Å²) in [6.45, 7) is 7.52. The Morgan fingerprint density at radius 1 is 1.03 bits per heavy atom. The van der Waals surface area contributed by atoms with Gasteiger partial charge in [0.15, 0.2) is 0 Å². The van der Waals surface area contributed by atoms with E-state index in [4.69, 9.17) is 4.74 Å². The topological polar surface area (TPSA) is 79.0 Å². The number of carbonyl (C=O) groups excluding carboxylic acids is 3. The van der Waals surface area contributed by atoms with E-state index in [2.05, 4.69) is 5.32 Å². The van der Waals surface area contributed by atoms with Crippen LogP contribution in [0.3, 0.4) is 0 Å². The standard InChI is InChI=1S/C24H34FN3O4/c1-24(2,3)32-23(31)26-16-20-6-4-5-13-28(20)22(30)18-11-14-27(15-12-18)21(29)17-7-9-19(25)10-8-17/h7-10,18,20H,4-6,11-16H2,1-3H3,(H,26,31). The Morgan fingerprint density at radius 3 is 2.31 bits per heavy atom. The third kappa shape index (κ3) is 6.43. The summed E-state index contributed by atoms with van der Waals surface area (Å²) in [5.41, 5.74) is -0.105. The van der Waals surface area contributed by atoms with E-state index in [-0.39, 0.29) is 29.6 Å². The number of carbonyl (C=O) groups is 3. The van der Waals surface area contributed by atoms with Gasteiger partial charge >= 0.3 is 6.09 Å². The van der Waals surface area contributed by atoms with Crippen molar-refractivity contribution >= 4 is 17.9 Å². The molecule has 1 aromatic carbocycles. The molecule has 32 heavy (non-hydrogen) atoms. The molecular weight excluding hydrogens is 413 g/mol. The van der Waals surface area contributed by atoms with Crippen LogP contribution in [0.15, 0.2) is 24.3 Å². The monoisotopic (exact) mass is 447 g/mol. The molecule has 1 atom stereocenters. The average molecular weight is 448 g/mol. The highest BCUT2D eigenvalue weighted by atomic mass is 19.1. The number of piperidine rings is 2. The second-order valence-corrected chi connectivity index (χ2v) is 9.64. The number of benzene rings is 1. The van der Waals surface area contributed by atoms with Crippen LogP contribution in [0, 0.1) is 11.7 Å². The molecule has 2 fully saturated rings. The van der Waals surface area contributed by atoms with Crippen molar-refractivity contribution in [1.82, 2.24) is 15.1 Å². The maximum atomic E-state index is 13.3. The molecule has 0 bridgehead atoms. The Morgan fingerprint density at radius 2 is 1.69 bits per heavy atom. The molecule has 0 spiro atoms. The minimum Gasteiger partial charge on any atom is -0.444 e. The zero-order chi connectivity index (χ0) is 23.3. The smallest absolute Gasteiger partial charge is 0.407 e. The third-order valence-corrected chi connectivity index (χ3v) is 6.01. The fourth-order valence-corrected chi connectivity index (χ4v) is 4.36. The van der Waals surface area contributed by atoms with Crippen LogP contribution < -0.4 is 5.32 Å². The molecule has 0 saturated carbocycles. The van der Waals surface area contributed by atoms with E-state index in [1.54, 1.807) is 4.90 Å². The predicted octanol–water partition coefficient (Wildman–Crippen LogP) is 3.58. The van der Waals surface area contributed by atoms with Gasteiger partial charge in [0.1, 0.15) is 11.4 Å². The Bertz CT molecular complexity index is 814. The number of alkyl carbamates (subject to hydrolysis) is 1. The van der Waals surface area contributed by atoms with Crippen molar-refractivity contribution in [2.75, 3.05) is 26.2 Å². The lowest BCUT2D eigenvalue weighted by Gasteiger charge is -2.40. The molecule has 176 valence electrons. The van der Waals surface area contributed by atoms with E-state index in [0.29, 0.717) is 44.6 Å². The number of rotatable bonds is 4. The van der Waals surface area contributed by atoms with E-state index >= 15 is 0 Å². The van der Waals surface area contributed by atoms with Crippen LogP contribution in [0.2, 0.25) is 0 Å². The molecule has 3 amide bonds. The second kappa shape index (κ2) is 10.3. The average Bonchev–Trinajstić information content (AvgIpc) is 2.76. The van der Waals surface area contributed by atoms with Gasteiger partial charge in [-0.15, -0.1) is 0 Å². The fraction of sp³-hybridized carbons (Fsp3) is 0.625. The van der Waals surface area contributed by atoms with Gasteiger partial charge in [-0.05, 0) is 77.1 Å². The van der Waals surface area contributed by atoms with E-state index in [9.17, 15) is 18.8 Å². The number of likely N-dealkylation sites (tertiary alicyclic amines) is 2. The van der Waals surface area contributed by atoms with Crippen molar-refractivity contribution in [2.45, 2.75) is 64.5 Å². The minimum atomic E-state index is -0.564. The Labute approximate surface area is 189 Å². The van der Waals surface area contributed by atoms with Crippen LogP contribution in [0.25, 0.3) is 0 Å². The fourth-order valence-electron chi connectivity index (χ4n) is 4.36. The molecule has 0 radical (unpaired) electrons. The zero-order valence-electron chi connectivity index (χ0n) is 19.2. The Balaban J connectivity index is 1.52. The highest BCUT2D eigenvalue weighted by molar-refractivity contribution is 5.94. The van der Waals surface area contributed by atoms with Gasteiger partial charge in [-0.2, -0.15) is 0 Å². The number of hydrogen-bond donors (Lipinski definition) is 1. The molecule has 0 aromatic heterocycles. The predicted molar refractivity (Wildman–Crippen MR) is 119 cm³/mol. The van der Waals surface area contributed by atoms with E-state index < -0.39 is 11.7 Å².